The number of phenolic OH excluding ortho intramolecular Hbond substituents is 1. The first kappa shape index (κ1) is 9.48. The number of nitrogens with two attached hydrogens (primary N) is 1. The standard InChI is InChI=1S/C8H9BrFNO/c9-6-3-5(1-2-11)4-7(12)8(6)10/h3-4,12H,1-2,11H2. The summed E-state index contributed by atoms with van der Waals surface area (Å²) in [5, 5.41) is 9.06. The summed E-state index contributed by atoms with van der Waals surface area (Å²) >= 11 is 2.99. The van der Waals surface area contributed by atoms with E-state index in [0.717, 1.165) is 5.56 Å². The van der Waals surface area contributed by atoms with Crippen molar-refractivity contribution in [1.82, 2.24) is 0 Å². The highest BCUT2D eigenvalue weighted by molar-refractivity contribution is 9.10. The van der Waals surface area contributed by atoms with Gasteiger partial charge >= 0.3 is 0 Å². The molecule has 12 heavy (non-hydrogen) atoms. The maximum atomic E-state index is 12.8. The van der Waals surface area contributed by atoms with Crippen LogP contribution >= 0.6 is 15.9 Å². The van der Waals surface area contributed by atoms with E-state index >= 15 is 0 Å². The Bertz CT molecular complexity index is 267. The molecule has 0 amide bonds. The molecule has 0 aromatic heterocycles. The van der Waals surface area contributed by atoms with Crippen molar-refractivity contribution in [3.05, 3.63) is 28.0 Å². The van der Waals surface area contributed by atoms with Crippen LogP contribution in [-0.2, 0) is 6.42 Å². The van der Waals surface area contributed by atoms with Gasteiger partial charge in [0.25, 0.3) is 0 Å². The minimum absolute atomic E-state index is 0.269. The lowest BCUT2D eigenvalue weighted by atomic mass is 10.1. The van der Waals surface area contributed by atoms with Crippen LogP contribution in [0.5, 0.6) is 5.75 Å². The van der Waals surface area contributed by atoms with Gasteiger partial charge in [0.05, 0.1) is 4.47 Å². The zero-order valence-electron chi connectivity index (χ0n) is 6.35. The summed E-state index contributed by atoms with van der Waals surface area (Å²) in [5.74, 6) is -0.969. The predicted molar refractivity (Wildman–Crippen MR) is 48.5 cm³/mol. The lowest BCUT2D eigenvalue weighted by Gasteiger charge is -2.02. The topological polar surface area (TPSA) is 46.2 Å². The van der Waals surface area contributed by atoms with E-state index in [1.807, 2.05) is 0 Å². The number of hydrogen-bond donors (Lipinski definition) is 2. The van der Waals surface area contributed by atoms with E-state index in [1.165, 1.54) is 6.07 Å². The fourth-order valence-corrected chi connectivity index (χ4v) is 1.44. The lowest BCUT2D eigenvalue weighted by molar-refractivity contribution is 0.429. The van der Waals surface area contributed by atoms with Crippen LogP contribution in [0.25, 0.3) is 0 Å². The second-order valence-corrected chi connectivity index (χ2v) is 3.30. The van der Waals surface area contributed by atoms with E-state index in [1.54, 1.807) is 6.07 Å². The van der Waals surface area contributed by atoms with E-state index in [0.29, 0.717) is 13.0 Å². The van der Waals surface area contributed by atoms with Crippen molar-refractivity contribution in [3.63, 3.8) is 0 Å². The van der Waals surface area contributed by atoms with E-state index in [9.17, 15) is 4.39 Å². The van der Waals surface area contributed by atoms with Gasteiger partial charge < -0.3 is 10.8 Å². The zero-order valence-corrected chi connectivity index (χ0v) is 7.94. The van der Waals surface area contributed by atoms with Crippen molar-refractivity contribution >= 4 is 15.9 Å². The minimum atomic E-state index is -0.629. The van der Waals surface area contributed by atoms with E-state index in [4.69, 9.17) is 10.8 Å². The molecule has 0 heterocycles. The van der Waals surface area contributed by atoms with Crippen molar-refractivity contribution in [3.8, 4) is 5.75 Å². The summed E-state index contributed by atoms with van der Waals surface area (Å²) < 4.78 is 13.1. The zero-order chi connectivity index (χ0) is 9.14. The second kappa shape index (κ2) is 3.87. The summed E-state index contributed by atoms with van der Waals surface area (Å²) in [6.45, 7) is 0.484. The molecular weight excluding hydrogens is 225 g/mol. The normalized spacial score (nSPS) is 10.2. The Kier molecular flexibility index (Phi) is 3.05. The van der Waals surface area contributed by atoms with Gasteiger partial charge in [0.15, 0.2) is 11.6 Å². The summed E-state index contributed by atoms with van der Waals surface area (Å²) in [4.78, 5) is 0. The van der Waals surface area contributed by atoms with Gasteiger partial charge in [0.2, 0.25) is 0 Å². The first-order chi connectivity index (χ1) is 5.65. The molecule has 0 unspecified atom stereocenters. The third kappa shape index (κ3) is 1.95. The van der Waals surface area contributed by atoms with Crippen molar-refractivity contribution in [2.75, 3.05) is 6.54 Å². The molecule has 66 valence electrons. The predicted octanol–water partition coefficient (Wildman–Crippen LogP) is 1.79. The van der Waals surface area contributed by atoms with Gasteiger partial charge in [-0.3, -0.25) is 0 Å². The summed E-state index contributed by atoms with van der Waals surface area (Å²) in [7, 11) is 0. The largest absolute Gasteiger partial charge is 0.505 e. The minimum Gasteiger partial charge on any atom is -0.505 e. The van der Waals surface area contributed by atoms with Gasteiger partial charge in [0.1, 0.15) is 0 Å². The van der Waals surface area contributed by atoms with Crippen LogP contribution in [-0.4, -0.2) is 11.7 Å². The first-order valence-electron chi connectivity index (χ1n) is 3.52. The Balaban J connectivity index is 3.04. The third-order valence-electron chi connectivity index (χ3n) is 1.50. The highest BCUT2D eigenvalue weighted by Gasteiger charge is 2.06. The van der Waals surface area contributed by atoms with E-state index < -0.39 is 5.82 Å². The fraction of sp³-hybridized carbons (Fsp3) is 0.250. The average molecular weight is 234 g/mol. The van der Waals surface area contributed by atoms with Gasteiger partial charge in [-0.15, -0.1) is 0 Å². The molecule has 4 heteroatoms. The average Bonchev–Trinajstić information content (AvgIpc) is 2.01. The van der Waals surface area contributed by atoms with Crippen molar-refractivity contribution in [1.29, 1.82) is 0 Å². The molecule has 0 fully saturated rings. The number of halogens is 2. The molecule has 0 aliphatic heterocycles. The lowest BCUT2D eigenvalue weighted by Crippen LogP contribution is -2.02. The Morgan fingerprint density at radius 2 is 2.17 bits per heavy atom. The molecule has 0 atom stereocenters. The number of aromatic hydroxyl groups is 1. The van der Waals surface area contributed by atoms with Crippen LogP contribution in [0.3, 0.4) is 0 Å². The molecule has 0 saturated carbocycles. The van der Waals surface area contributed by atoms with E-state index in [2.05, 4.69) is 15.9 Å². The molecular formula is C8H9BrFNO. The highest BCUT2D eigenvalue weighted by Crippen LogP contribution is 2.25. The molecule has 0 aliphatic rings. The Labute approximate surface area is 78.3 Å². The summed E-state index contributed by atoms with van der Waals surface area (Å²) in [6, 6.07) is 2.99. The molecule has 3 N–H and O–H groups in total. The Morgan fingerprint density at radius 3 is 2.67 bits per heavy atom. The number of rotatable bonds is 2. The Hall–Kier alpha value is -0.610. The molecule has 1 aromatic carbocycles. The quantitative estimate of drug-likeness (QED) is 0.819. The first-order valence-corrected chi connectivity index (χ1v) is 4.31. The van der Waals surface area contributed by atoms with Crippen LogP contribution in [0.15, 0.2) is 16.6 Å². The van der Waals surface area contributed by atoms with Crippen molar-refractivity contribution in [2.45, 2.75) is 6.42 Å². The number of benzene rings is 1. The van der Waals surface area contributed by atoms with Gasteiger partial charge in [-0.25, -0.2) is 4.39 Å². The van der Waals surface area contributed by atoms with Gasteiger partial charge in [-0.2, -0.15) is 0 Å². The van der Waals surface area contributed by atoms with E-state index in [-0.39, 0.29) is 10.2 Å². The third-order valence-corrected chi connectivity index (χ3v) is 2.08. The molecule has 0 aliphatic carbocycles. The highest BCUT2D eigenvalue weighted by atomic mass is 79.9. The number of phenols is 1. The van der Waals surface area contributed by atoms with Crippen LogP contribution in [0.4, 0.5) is 4.39 Å². The SMILES string of the molecule is NCCc1cc(O)c(F)c(Br)c1. The van der Waals surface area contributed by atoms with Gasteiger partial charge in [-0.05, 0) is 46.6 Å². The van der Waals surface area contributed by atoms with Gasteiger partial charge in [0, 0.05) is 0 Å². The molecule has 1 rings (SSSR count). The maximum Gasteiger partial charge on any atom is 0.178 e. The van der Waals surface area contributed by atoms with Crippen molar-refractivity contribution < 1.29 is 9.50 Å². The number of hydrogen-bond acceptors (Lipinski definition) is 2. The molecule has 1 aromatic rings. The summed E-state index contributed by atoms with van der Waals surface area (Å²) in [6.07, 6.45) is 0.631. The van der Waals surface area contributed by atoms with Crippen LogP contribution in [0.2, 0.25) is 0 Å². The maximum absolute atomic E-state index is 12.8. The van der Waals surface area contributed by atoms with Crippen molar-refractivity contribution in [2.24, 2.45) is 5.73 Å². The summed E-state index contributed by atoms with van der Waals surface area (Å²) in [5.41, 5.74) is 6.13. The molecule has 0 bridgehead atoms. The molecule has 0 spiro atoms. The van der Waals surface area contributed by atoms with Gasteiger partial charge in [-0.1, -0.05) is 0 Å². The fourth-order valence-electron chi connectivity index (χ4n) is 0.940. The van der Waals surface area contributed by atoms with Crippen LogP contribution in [0, 0.1) is 5.82 Å². The Morgan fingerprint density at radius 1 is 1.50 bits per heavy atom. The smallest absolute Gasteiger partial charge is 0.178 e. The molecule has 0 radical (unpaired) electrons. The van der Waals surface area contributed by atoms with Crippen LogP contribution in [0.1, 0.15) is 5.56 Å². The molecule has 0 saturated heterocycles. The van der Waals surface area contributed by atoms with Crippen LogP contribution < -0.4 is 5.73 Å². The monoisotopic (exact) mass is 233 g/mol. The second-order valence-electron chi connectivity index (χ2n) is 2.45. The molecule has 2 nitrogen and oxygen atoms in total.